The van der Waals surface area contributed by atoms with Gasteiger partial charge in [-0.3, -0.25) is 9.59 Å². The number of nitrogens with one attached hydrogen (secondary N) is 1. The summed E-state index contributed by atoms with van der Waals surface area (Å²) in [7, 11) is -1.20. The lowest BCUT2D eigenvalue weighted by molar-refractivity contribution is -0.286. The van der Waals surface area contributed by atoms with Gasteiger partial charge in [0.25, 0.3) is 5.79 Å². The van der Waals surface area contributed by atoms with E-state index < -0.39 is 62.1 Å². The molecule has 246 valence electrons. The first kappa shape index (κ1) is 34.9. The van der Waals surface area contributed by atoms with Gasteiger partial charge in [0.05, 0.1) is 18.8 Å². The first-order chi connectivity index (χ1) is 21.0. The summed E-state index contributed by atoms with van der Waals surface area (Å²) in [6.45, 7) is 15.2. The zero-order valence-electron chi connectivity index (χ0n) is 27.7. The van der Waals surface area contributed by atoms with Crippen LogP contribution in [0.5, 0.6) is 0 Å². The van der Waals surface area contributed by atoms with Crippen molar-refractivity contribution in [2.24, 2.45) is 0 Å². The van der Waals surface area contributed by atoms with Gasteiger partial charge in [-0.05, 0) is 43.1 Å². The summed E-state index contributed by atoms with van der Waals surface area (Å²) in [5.41, 5.74) is 1.49. The first-order valence-electron chi connectivity index (χ1n) is 15.3. The van der Waals surface area contributed by atoms with E-state index in [0.717, 1.165) is 11.1 Å². The van der Waals surface area contributed by atoms with Crippen molar-refractivity contribution >= 4 is 26.0 Å². The van der Waals surface area contributed by atoms with Gasteiger partial charge in [0.1, 0.15) is 12.2 Å². The zero-order chi connectivity index (χ0) is 33.2. The summed E-state index contributed by atoms with van der Waals surface area (Å²) >= 11 is 0. The minimum absolute atomic E-state index is 0.0131. The Labute approximate surface area is 267 Å². The molecule has 0 radical (unpaired) electrons. The molecule has 0 aliphatic carbocycles. The fourth-order valence-corrected chi connectivity index (χ4v) is 6.70. The first-order valence-corrected chi connectivity index (χ1v) is 18.2. The van der Waals surface area contributed by atoms with E-state index in [1.54, 1.807) is 13.8 Å². The molecule has 1 N–H and O–H groups in total. The Morgan fingerprint density at radius 1 is 0.956 bits per heavy atom. The van der Waals surface area contributed by atoms with Crippen LogP contribution in [0.1, 0.15) is 65.2 Å². The van der Waals surface area contributed by atoms with Crippen molar-refractivity contribution in [2.45, 2.75) is 108 Å². The largest absolute Gasteiger partial charge is 0.449 e. The monoisotopic (exact) mass is 641 g/mol. The van der Waals surface area contributed by atoms with E-state index in [4.69, 9.17) is 28.1 Å². The lowest BCUT2D eigenvalue weighted by atomic mass is 9.89. The van der Waals surface area contributed by atoms with Gasteiger partial charge in [0.2, 0.25) is 5.91 Å². The number of amides is 1. The van der Waals surface area contributed by atoms with Gasteiger partial charge in [0, 0.05) is 20.5 Å². The molecule has 0 spiro atoms. The molecule has 2 saturated heterocycles. The summed E-state index contributed by atoms with van der Waals surface area (Å²) in [4.78, 5) is 41.0. The fraction of sp³-hybridized carbons (Fsp3) is 0.559. The summed E-state index contributed by atoms with van der Waals surface area (Å²) < 4.78 is 36.9. The van der Waals surface area contributed by atoms with E-state index in [1.807, 2.05) is 60.7 Å². The topological polar surface area (TPSA) is 119 Å². The SMILES string of the molecule is CO[C@@]1(C(=O)OC(c2ccccc2)c2ccccc2)C[C@H](O[Si](C)(C)C(C)(C)C)[C@@H](NC(C)=O)[C@H](C(=O)[C@H]2COC(C)(C)O2)O1. The van der Waals surface area contributed by atoms with Gasteiger partial charge >= 0.3 is 5.97 Å². The van der Waals surface area contributed by atoms with Crippen LogP contribution in [0.3, 0.4) is 0 Å². The van der Waals surface area contributed by atoms with Crippen LogP contribution in [0.25, 0.3) is 0 Å². The van der Waals surface area contributed by atoms with Crippen molar-refractivity contribution in [1.82, 2.24) is 5.32 Å². The van der Waals surface area contributed by atoms with E-state index in [-0.39, 0.29) is 24.0 Å². The normalized spacial score (nSPS) is 26.8. The van der Waals surface area contributed by atoms with Crippen LogP contribution in [0.15, 0.2) is 60.7 Å². The predicted molar refractivity (Wildman–Crippen MR) is 170 cm³/mol. The Bertz CT molecular complexity index is 1300. The number of ketones is 1. The number of Topliss-reactive ketones (excluding diaryl/α,β-unsaturated/α-hetero) is 1. The molecule has 2 fully saturated rings. The molecule has 2 heterocycles. The molecule has 45 heavy (non-hydrogen) atoms. The molecule has 0 aromatic heterocycles. The molecule has 1 amide bonds. The van der Waals surface area contributed by atoms with Crippen molar-refractivity contribution in [3.8, 4) is 0 Å². The summed E-state index contributed by atoms with van der Waals surface area (Å²) in [5.74, 6) is -4.74. The quantitative estimate of drug-likeness (QED) is 0.280. The van der Waals surface area contributed by atoms with Crippen LogP contribution < -0.4 is 5.32 Å². The van der Waals surface area contributed by atoms with Crippen molar-refractivity contribution in [3.63, 3.8) is 0 Å². The Morgan fingerprint density at radius 2 is 1.51 bits per heavy atom. The van der Waals surface area contributed by atoms with E-state index in [0.29, 0.717) is 0 Å². The van der Waals surface area contributed by atoms with Crippen molar-refractivity contribution < 1.29 is 42.5 Å². The minimum atomic E-state index is -2.53. The van der Waals surface area contributed by atoms with Crippen molar-refractivity contribution in [3.05, 3.63) is 71.8 Å². The molecule has 0 unspecified atom stereocenters. The number of carbonyl (C=O) groups excluding carboxylic acids is 3. The molecule has 5 atom stereocenters. The fourth-order valence-electron chi connectivity index (χ4n) is 5.36. The standard InChI is InChI=1S/C34H47NO9Si/c1-22(36)35-27-25(44-45(8,9)32(2,3)4)20-34(39-7,43-30(27)28(37)26-21-40-33(5,6)42-26)31(38)41-29(23-16-12-10-13-17-23)24-18-14-11-15-19-24/h10-19,25-27,29-30H,20-21H2,1-9H3,(H,35,36)/t25-,26+,27+,30+,34-/m0/s1. The van der Waals surface area contributed by atoms with Gasteiger partial charge in [0.15, 0.2) is 26.0 Å². The number of rotatable bonds is 10. The number of hydrogen-bond donors (Lipinski definition) is 1. The lowest BCUT2D eigenvalue weighted by Gasteiger charge is -2.49. The van der Waals surface area contributed by atoms with E-state index in [9.17, 15) is 14.4 Å². The number of hydrogen-bond acceptors (Lipinski definition) is 9. The molecule has 2 aliphatic heterocycles. The Kier molecular flexibility index (Phi) is 10.4. The van der Waals surface area contributed by atoms with Crippen molar-refractivity contribution in [2.75, 3.05) is 13.7 Å². The van der Waals surface area contributed by atoms with Gasteiger partial charge in [-0.1, -0.05) is 81.4 Å². The Morgan fingerprint density at radius 3 is 1.96 bits per heavy atom. The van der Waals surface area contributed by atoms with Gasteiger partial charge < -0.3 is 33.4 Å². The Hall–Kier alpha value is -2.93. The Balaban J connectivity index is 1.78. The van der Waals surface area contributed by atoms with Crippen LogP contribution in [-0.4, -0.2) is 75.6 Å². The second-order valence-electron chi connectivity index (χ2n) is 13.7. The van der Waals surface area contributed by atoms with Crippen LogP contribution in [-0.2, 0) is 42.5 Å². The van der Waals surface area contributed by atoms with Gasteiger partial charge in [-0.2, -0.15) is 0 Å². The third kappa shape index (κ3) is 7.90. The second-order valence-corrected chi connectivity index (χ2v) is 18.4. The maximum Gasteiger partial charge on any atom is 0.367 e. The molecule has 2 aromatic carbocycles. The predicted octanol–water partition coefficient (Wildman–Crippen LogP) is 5.07. The molecular formula is C34H47NO9Si. The average Bonchev–Trinajstić information content (AvgIpc) is 3.35. The van der Waals surface area contributed by atoms with Crippen molar-refractivity contribution in [1.29, 1.82) is 0 Å². The summed E-state index contributed by atoms with van der Waals surface area (Å²) in [6.07, 6.45) is -4.14. The van der Waals surface area contributed by atoms with Crippen LogP contribution >= 0.6 is 0 Å². The third-order valence-corrected chi connectivity index (χ3v) is 13.3. The van der Waals surface area contributed by atoms with E-state index in [1.165, 1.54) is 14.0 Å². The van der Waals surface area contributed by atoms with Crippen LogP contribution in [0, 0.1) is 0 Å². The van der Waals surface area contributed by atoms with E-state index in [2.05, 4.69) is 39.2 Å². The number of carbonyl (C=O) groups is 3. The highest BCUT2D eigenvalue weighted by Crippen LogP contribution is 2.43. The van der Waals surface area contributed by atoms with Crippen LogP contribution in [0.4, 0.5) is 0 Å². The maximum atomic E-state index is 14.4. The highest BCUT2D eigenvalue weighted by Gasteiger charge is 2.59. The molecule has 11 heteroatoms. The molecule has 10 nitrogen and oxygen atoms in total. The minimum Gasteiger partial charge on any atom is -0.449 e. The zero-order valence-corrected chi connectivity index (χ0v) is 28.7. The van der Waals surface area contributed by atoms with E-state index >= 15 is 0 Å². The van der Waals surface area contributed by atoms with Gasteiger partial charge in [-0.15, -0.1) is 0 Å². The number of ether oxygens (including phenoxy) is 5. The highest BCUT2D eigenvalue weighted by molar-refractivity contribution is 6.74. The molecule has 4 rings (SSSR count). The molecule has 0 bridgehead atoms. The van der Waals surface area contributed by atoms with Crippen LogP contribution in [0.2, 0.25) is 18.1 Å². The molecule has 0 saturated carbocycles. The molecule has 2 aliphatic rings. The molecular weight excluding hydrogens is 594 g/mol. The number of benzene rings is 2. The lowest BCUT2D eigenvalue weighted by Crippen LogP contribution is -2.68. The average molecular weight is 642 g/mol. The summed E-state index contributed by atoms with van der Waals surface area (Å²) in [6, 6.07) is 17.8. The maximum absolute atomic E-state index is 14.4. The number of methoxy groups -OCH3 is 1. The number of esters is 1. The molecule has 2 aromatic rings. The van der Waals surface area contributed by atoms with Gasteiger partial charge in [-0.25, -0.2) is 4.79 Å². The third-order valence-electron chi connectivity index (χ3n) is 8.81. The second kappa shape index (κ2) is 13.4. The summed E-state index contributed by atoms with van der Waals surface area (Å²) in [5, 5.41) is 2.66. The highest BCUT2D eigenvalue weighted by atomic mass is 28.4. The smallest absolute Gasteiger partial charge is 0.367 e.